The summed E-state index contributed by atoms with van der Waals surface area (Å²) in [6, 6.07) is 8.16. The first-order valence-electron chi connectivity index (χ1n) is 8.75. The third-order valence-corrected chi connectivity index (χ3v) is 5.96. The van der Waals surface area contributed by atoms with Gasteiger partial charge >= 0.3 is 0 Å². The van der Waals surface area contributed by atoms with Crippen LogP contribution in [0.5, 0.6) is 0 Å². The van der Waals surface area contributed by atoms with Crippen LogP contribution in [0.25, 0.3) is 11.2 Å². The number of thioether (sulfide) groups is 1. The molecule has 8 nitrogen and oxygen atoms in total. The standard InChI is InChI=1S/C18H21N5O3S/c1-2-10-5-3-4-6-12(10)27-7-11-14(24)15(25)18(26-11)23-9-22-13-16(19)20-8-21-17(13)23/h3-6,8-9,11,14-15,18,24-25H,2,7H2,1H3,(H2,19,20,21)/t11-,14-,15-,18-/m1/s1. The lowest BCUT2D eigenvalue weighted by molar-refractivity contribution is -0.0289. The highest BCUT2D eigenvalue weighted by Gasteiger charge is 2.44. The second kappa shape index (κ2) is 7.43. The van der Waals surface area contributed by atoms with Gasteiger partial charge in [0.15, 0.2) is 17.7 Å². The Morgan fingerprint density at radius 2 is 2.00 bits per heavy atom. The molecule has 4 atom stereocenters. The fourth-order valence-electron chi connectivity index (χ4n) is 3.26. The van der Waals surface area contributed by atoms with E-state index >= 15 is 0 Å². The van der Waals surface area contributed by atoms with E-state index < -0.39 is 24.5 Å². The Morgan fingerprint density at radius 3 is 2.81 bits per heavy atom. The quantitative estimate of drug-likeness (QED) is 0.562. The molecule has 1 aromatic carbocycles. The Morgan fingerprint density at radius 1 is 1.19 bits per heavy atom. The average Bonchev–Trinajstić information content (AvgIpc) is 3.23. The SMILES string of the molecule is CCc1ccccc1SC[C@H]1O[C@@H](n2cnc3c(N)ncnc32)[C@H](O)[C@@H]1O. The summed E-state index contributed by atoms with van der Waals surface area (Å²) >= 11 is 1.61. The maximum absolute atomic E-state index is 10.5. The van der Waals surface area contributed by atoms with Gasteiger partial charge in [0.25, 0.3) is 0 Å². The number of aromatic nitrogens is 4. The second-order valence-electron chi connectivity index (χ2n) is 6.40. The number of imidazole rings is 1. The fourth-order valence-corrected chi connectivity index (χ4v) is 4.45. The molecule has 3 aromatic rings. The van der Waals surface area contributed by atoms with Gasteiger partial charge in [0.2, 0.25) is 0 Å². The number of hydrogen-bond acceptors (Lipinski definition) is 8. The Balaban J connectivity index is 1.53. The van der Waals surface area contributed by atoms with Crippen LogP contribution < -0.4 is 5.73 Å². The van der Waals surface area contributed by atoms with Gasteiger partial charge in [-0.3, -0.25) is 4.57 Å². The fraction of sp³-hybridized carbons (Fsp3) is 0.389. The van der Waals surface area contributed by atoms with Crippen molar-refractivity contribution in [2.75, 3.05) is 11.5 Å². The molecule has 27 heavy (non-hydrogen) atoms. The van der Waals surface area contributed by atoms with Crippen molar-refractivity contribution in [1.82, 2.24) is 19.5 Å². The molecule has 0 amide bonds. The first-order valence-corrected chi connectivity index (χ1v) is 9.74. The Hall–Kier alpha value is -2.20. The van der Waals surface area contributed by atoms with E-state index in [0.29, 0.717) is 16.9 Å². The molecule has 1 fully saturated rings. The molecule has 9 heteroatoms. The third-order valence-electron chi connectivity index (χ3n) is 4.76. The molecule has 1 aliphatic heterocycles. The van der Waals surface area contributed by atoms with Crippen molar-refractivity contribution in [3.05, 3.63) is 42.5 Å². The second-order valence-corrected chi connectivity index (χ2v) is 7.46. The number of aliphatic hydroxyl groups is 2. The molecule has 0 bridgehead atoms. The number of fused-ring (bicyclic) bond motifs is 1. The Kier molecular flexibility index (Phi) is 5.00. The van der Waals surface area contributed by atoms with Crippen molar-refractivity contribution in [3.63, 3.8) is 0 Å². The van der Waals surface area contributed by atoms with Crippen molar-refractivity contribution in [2.24, 2.45) is 0 Å². The lowest BCUT2D eigenvalue weighted by Crippen LogP contribution is -2.32. The number of nitrogens with zero attached hydrogens (tertiary/aromatic N) is 4. The number of anilines is 1. The summed E-state index contributed by atoms with van der Waals surface area (Å²) < 4.78 is 7.56. The van der Waals surface area contributed by atoms with E-state index in [2.05, 4.69) is 34.0 Å². The molecular formula is C18H21N5O3S. The van der Waals surface area contributed by atoms with Crippen molar-refractivity contribution < 1.29 is 14.9 Å². The number of rotatable bonds is 5. The van der Waals surface area contributed by atoms with Gasteiger partial charge in [0.05, 0.1) is 12.4 Å². The van der Waals surface area contributed by atoms with E-state index in [1.807, 2.05) is 12.1 Å². The Bertz CT molecular complexity index is 950. The van der Waals surface area contributed by atoms with E-state index in [1.54, 1.807) is 16.3 Å². The zero-order chi connectivity index (χ0) is 19.0. The number of nitrogen functional groups attached to an aromatic ring is 1. The number of nitrogens with two attached hydrogens (primary N) is 1. The van der Waals surface area contributed by atoms with E-state index in [9.17, 15) is 10.2 Å². The summed E-state index contributed by atoms with van der Waals surface area (Å²) in [5.41, 5.74) is 7.97. The normalized spacial score (nSPS) is 25.3. The van der Waals surface area contributed by atoms with Crippen LogP contribution in [0.15, 0.2) is 41.8 Å². The Labute approximate surface area is 160 Å². The summed E-state index contributed by atoms with van der Waals surface area (Å²) in [6.07, 6.45) is 0.368. The minimum atomic E-state index is -1.09. The molecule has 4 N–H and O–H groups in total. The molecular weight excluding hydrogens is 366 g/mol. The lowest BCUT2D eigenvalue weighted by Gasteiger charge is -2.16. The monoisotopic (exact) mass is 387 g/mol. The summed E-state index contributed by atoms with van der Waals surface area (Å²) in [5, 5.41) is 21.0. The molecule has 0 radical (unpaired) electrons. The predicted molar refractivity (Wildman–Crippen MR) is 102 cm³/mol. The molecule has 0 spiro atoms. The van der Waals surface area contributed by atoms with E-state index in [4.69, 9.17) is 10.5 Å². The topological polar surface area (TPSA) is 119 Å². The van der Waals surface area contributed by atoms with Gasteiger partial charge in [-0.05, 0) is 18.1 Å². The van der Waals surface area contributed by atoms with Gasteiger partial charge in [0.1, 0.15) is 24.1 Å². The van der Waals surface area contributed by atoms with Crippen LogP contribution in [-0.2, 0) is 11.2 Å². The molecule has 4 rings (SSSR count). The maximum Gasteiger partial charge on any atom is 0.167 e. The maximum atomic E-state index is 10.5. The van der Waals surface area contributed by atoms with Gasteiger partial charge in [-0.15, -0.1) is 11.8 Å². The summed E-state index contributed by atoms with van der Waals surface area (Å²) in [6.45, 7) is 2.11. The third kappa shape index (κ3) is 3.27. The van der Waals surface area contributed by atoms with Gasteiger partial charge in [-0.25, -0.2) is 15.0 Å². The summed E-state index contributed by atoms with van der Waals surface area (Å²) in [4.78, 5) is 13.4. The average molecular weight is 387 g/mol. The van der Waals surface area contributed by atoms with Crippen molar-refractivity contribution >= 4 is 28.7 Å². The summed E-state index contributed by atoms with van der Waals surface area (Å²) in [7, 11) is 0. The number of hydrogen-bond donors (Lipinski definition) is 3. The minimum Gasteiger partial charge on any atom is -0.387 e. The first kappa shape index (κ1) is 18.2. The number of aryl methyl sites for hydroxylation is 1. The minimum absolute atomic E-state index is 0.259. The number of aliphatic hydroxyl groups excluding tert-OH is 2. The van der Waals surface area contributed by atoms with Crippen LogP contribution in [-0.4, -0.2) is 53.8 Å². The molecule has 3 heterocycles. The highest BCUT2D eigenvalue weighted by Crippen LogP contribution is 2.35. The molecule has 0 aliphatic carbocycles. The van der Waals surface area contributed by atoms with E-state index in [1.165, 1.54) is 18.2 Å². The van der Waals surface area contributed by atoms with Crippen LogP contribution in [0.3, 0.4) is 0 Å². The highest BCUT2D eigenvalue weighted by molar-refractivity contribution is 7.99. The number of ether oxygens (including phenoxy) is 1. The zero-order valence-electron chi connectivity index (χ0n) is 14.8. The van der Waals surface area contributed by atoms with Crippen molar-refractivity contribution in [2.45, 2.75) is 42.8 Å². The largest absolute Gasteiger partial charge is 0.387 e. The van der Waals surface area contributed by atoms with Gasteiger partial charge < -0.3 is 20.7 Å². The van der Waals surface area contributed by atoms with Crippen LogP contribution in [0.1, 0.15) is 18.7 Å². The van der Waals surface area contributed by atoms with Crippen molar-refractivity contribution in [3.8, 4) is 0 Å². The van der Waals surface area contributed by atoms with Crippen LogP contribution >= 0.6 is 11.8 Å². The van der Waals surface area contributed by atoms with Gasteiger partial charge in [-0.1, -0.05) is 25.1 Å². The lowest BCUT2D eigenvalue weighted by atomic mass is 10.1. The van der Waals surface area contributed by atoms with Crippen molar-refractivity contribution in [1.29, 1.82) is 0 Å². The highest BCUT2D eigenvalue weighted by atomic mass is 32.2. The summed E-state index contributed by atoms with van der Waals surface area (Å²) in [5.74, 6) is 0.783. The number of benzene rings is 1. The molecule has 1 aliphatic rings. The molecule has 2 aromatic heterocycles. The predicted octanol–water partition coefficient (Wildman–Crippen LogP) is 1.38. The molecule has 0 unspecified atom stereocenters. The van der Waals surface area contributed by atoms with Crippen LogP contribution in [0.4, 0.5) is 5.82 Å². The zero-order valence-corrected chi connectivity index (χ0v) is 15.6. The van der Waals surface area contributed by atoms with Gasteiger partial charge in [-0.2, -0.15) is 0 Å². The molecule has 0 saturated carbocycles. The first-order chi connectivity index (χ1) is 13.1. The molecule has 142 valence electrons. The van der Waals surface area contributed by atoms with E-state index in [-0.39, 0.29) is 5.82 Å². The van der Waals surface area contributed by atoms with E-state index in [0.717, 1.165) is 11.3 Å². The van der Waals surface area contributed by atoms with Crippen LogP contribution in [0, 0.1) is 0 Å². The molecule has 1 saturated heterocycles. The van der Waals surface area contributed by atoms with Gasteiger partial charge in [0, 0.05) is 10.6 Å². The van der Waals surface area contributed by atoms with Crippen LogP contribution in [0.2, 0.25) is 0 Å². The smallest absolute Gasteiger partial charge is 0.167 e.